The Morgan fingerprint density at radius 1 is 0.704 bits per heavy atom. The van der Waals surface area contributed by atoms with Crippen LogP contribution in [-0.2, 0) is 0 Å². The Morgan fingerprint density at radius 3 is 1.30 bits per heavy atom. The third-order valence-electron chi connectivity index (χ3n) is 0.971. The zero-order valence-electron chi connectivity index (χ0n) is 18.3. The zero-order chi connectivity index (χ0) is 21.3. The average Bonchev–Trinajstić information content (AvgIpc) is 3.31. The highest BCUT2D eigenvalue weighted by Crippen LogP contribution is 1.82. The summed E-state index contributed by atoms with van der Waals surface area (Å²) >= 11 is 0. The molecule has 0 aromatic carbocycles. The van der Waals surface area contributed by atoms with Crippen LogP contribution >= 0.6 is 0 Å². The van der Waals surface area contributed by atoms with Crippen LogP contribution in [0.4, 0.5) is 0 Å². The van der Waals surface area contributed by atoms with Crippen LogP contribution in [0.1, 0.15) is 62.3 Å². The highest BCUT2D eigenvalue weighted by molar-refractivity contribution is 4.64. The number of nitrogens with zero attached hydrogens (tertiary/aromatic N) is 5. The molecule has 0 bridgehead atoms. The van der Waals surface area contributed by atoms with Crippen LogP contribution in [-0.4, -0.2) is 30.3 Å². The second-order valence-electron chi connectivity index (χ2n) is 7.12. The molecule has 3 aromatic rings. The molecule has 0 aliphatic carbocycles. The number of aromatic nitrogens is 6. The molecular formula is C19H38N6O2. The molecule has 3 rings (SSSR count). The van der Waals surface area contributed by atoms with E-state index in [0.29, 0.717) is 0 Å². The lowest BCUT2D eigenvalue weighted by atomic mass is 10.3. The van der Waals surface area contributed by atoms with E-state index in [4.69, 9.17) is 0 Å². The van der Waals surface area contributed by atoms with Crippen molar-refractivity contribution in [3.8, 4) is 0 Å². The molecule has 156 valence electrons. The van der Waals surface area contributed by atoms with Gasteiger partial charge in [-0.1, -0.05) is 67.5 Å². The fourth-order valence-electron chi connectivity index (χ4n) is 0.487. The van der Waals surface area contributed by atoms with Gasteiger partial charge in [-0.25, -0.2) is 9.97 Å². The second kappa shape index (κ2) is 25.7. The average molecular weight is 383 g/mol. The highest BCUT2D eigenvalue weighted by Gasteiger charge is 1.69. The smallest absolute Gasteiger partial charge is 0.213 e. The molecule has 0 fully saturated rings. The van der Waals surface area contributed by atoms with Gasteiger partial charge in [0.2, 0.25) is 19.2 Å². The maximum absolute atomic E-state index is 4.36. The van der Waals surface area contributed by atoms with E-state index in [9.17, 15) is 0 Å². The maximum Gasteiger partial charge on any atom is 0.213 e. The zero-order valence-corrected chi connectivity index (χ0v) is 18.3. The lowest BCUT2D eigenvalue weighted by Crippen LogP contribution is -1.66. The third-order valence-corrected chi connectivity index (χ3v) is 0.971. The molecule has 0 radical (unpaired) electrons. The van der Waals surface area contributed by atoms with Crippen molar-refractivity contribution in [3.63, 3.8) is 0 Å². The highest BCUT2D eigenvalue weighted by atomic mass is 16.5. The molecule has 0 aliphatic rings. The maximum atomic E-state index is 4.36. The van der Waals surface area contributed by atoms with Crippen LogP contribution in [0, 0.1) is 17.8 Å². The number of hydrogen-bond acceptors (Lipinski definition) is 7. The van der Waals surface area contributed by atoms with Crippen LogP contribution in [0.15, 0.2) is 53.2 Å². The molecule has 0 atom stereocenters. The predicted molar refractivity (Wildman–Crippen MR) is 109 cm³/mol. The normalized spacial score (nSPS) is 8.44. The van der Waals surface area contributed by atoms with Gasteiger partial charge in [0, 0.05) is 12.4 Å². The summed E-state index contributed by atoms with van der Waals surface area (Å²) in [6.07, 6.45) is 10.2. The van der Waals surface area contributed by atoms with Crippen LogP contribution in [0.3, 0.4) is 0 Å². The molecule has 0 amide bonds. The third kappa shape index (κ3) is 69.5. The molecule has 8 nitrogen and oxygen atoms in total. The van der Waals surface area contributed by atoms with E-state index in [-0.39, 0.29) is 0 Å². The van der Waals surface area contributed by atoms with Crippen molar-refractivity contribution >= 4 is 0 Å². The van der Waals surface area contributed by atoms with E-state index in [0.717, 1.165) is 17.8 Å². The van der Waals surface area contributed by atoms with Crippen molar-refractivity contribution in [2.24, 2.45) is 17.8 Å². The monoisotopic (exact) mass is 382 g/mol. The minimum atomic E-state index is 0.833. The van der Waals surface area contributed by atoms with Crippen molar-refractivity contribution in [3.05, 3.63) is 44.2 Å². The Balaban J connectivity index is -0.000000258. The minimum absolute atomic E-state index is 0.833. The molecular weight excluding hydrogens is 344 g/mol. The Bertz CT molecular complexity index is 358. The molecule has 0 saturated carbocycles. The Kier molecular flexibility index (Phi) is 27.9. The first-order valence-electron chi connectivity index (χ1n) is 9.00. The van der Waals surface area contributed by atoms with Crippen molar-refractivity contribution < 1.29 is 8.94 Å². The Hall–Kier alpha value is -2.51. The van der Waals surface area contributed by atoms with Crippen LogP contribution < -0.4 is 0 Å². The summed E-state index contributed by atoms with van der Waals surface area (Å²) in [6, 6.07) is 0. The van der Waals surface area contributed by atoms with E-state index in [1.165, 1.54) is 25.5 Å². The first kappa shape index (κ1) is 29.3. The van der Waals surface area contributed by atoms with Gasteiger partial charge < -0.3 is 13.9 Å². The number of imidazole rings is 1. The van der Waals surface area contributed by atoms with Gasteiger partial charge in [-0.15, -0.1) is 10.2 Å². The van der Waals surface area contributed by atoms with Gasteiger partial charge in [-0.3, -0.25) is 0 Å². The largest absolute Gasteiger partial charge is 0.431 e. The van der Waals surface area contributed by atoms with Gasteiger partial charge in [0.25, 0.3) is 0 Å². The van der Waals surface area contributed by atoms with Gasteiger partial charge >= 0.3 is 0 Å². The van der Waals surface area contributed by atoms with E-state index in [1.807, 2.05) is 0 Å². The fourth-order valence-corrected chi connectivity index (χ4v) is 0.487. The molecule has 1 N–H and O–H groups in total. The van der Waals surface area contributed by atoms with Gasteiger partial charge in [0.05, 0.1) is 6.33 Å². The molecule has 3 heterocycles. The van der Waals surface area contributed by atoms with Crippen LogP contribution in [0.5, 0.6) is 0 Å². The minimum Gasteiger partial charge on any atom is -0.431 e. The number of nitrogens with one attached hydrogen (secondary N) is 1. The molecule has 0 unspecified atom stereocenters. The second-order valence-corrected chi connectivity index (χ2v) is 7.12. The molecule has 27 heavy (non-hydrogen) atoms. The summed E-state index contributed by atoms with van der Waals surface area (Å²) in [6.45, 7) is 19.5. The van der Waals surface area contributed by atoms with Crippen LogP contribution in [0.25, 0.3) is 0 Å². The topological polar surface area (TPSA) is 107 Å². The number of aromatic amines is 1. The lowest BCUT2D eigenvalue weighted by molar-refractivity contribution is 0.416. The predicted octanol–water partition coefficient (Wildman–Crippen LogP) is 5.54. The quantitative estimate of drug-likeness (QED) is 0.544. The first-order chi connectivity index (χ1) is 12.7. The molecule has 0 spiro atoms. The first-order valence-corrected chi connectivity index (χ1v) is 9.00. The number of hydrogen-bond donors (Lipinski definition) is 1. The van der Waals surface area contributed by atoms with Gasteiger partial charge in [0.1, 0.15) is 0 Å². The standard InChI is InChI=1S/3C4H10.C3H4N2.2C2H2N2O/c3*1-4(2)3;1-2-5-3-4-1;1-3-4-2-5-1;1-3-2-5-4-1/h3*4H,1-3H3;1-3H,(H,4,5);2*1-2H. The summed E-state index contributed by atoms with van der Waals surface area (Å²) in [4.78, 5) is 9.86. The number of rotatable bonds is 0. The summed E-state index contributed by atoms with van der Waals surface area (Å²) in [5.41, 5.74) is 0. The van der Waals surface area contributed by atoms with E-state index < -0.39 is 0 Å². The van der Waals surface area contributed by atoms with Crippen molar-refractivity contribution in [1.82, 2.24) is 30.3 Å². The fraction of sp³-hybridized carbons (Fsp3) is 0.632. The summed E-state index contributed by atoms with van der Waals surface area (Å²) in [7, 11) is 0. The van der Waals surface area contributed by atoms with E-state index in [2.05, 4.69) is 102 Å². The van der Waals surface area contributed by atoms with Crippen molar-refractivity contribution in [2.75, 3.05) is 0 Å². The van der Waals surface area contributed by atoms with Gasteiger partial charge in [-0.2, -0.15) is 0 Å². The Morgan fingerprint density at radius 2 is 1.19 bits per heavy atom. The van der Waals surface area contributed by atoms with Crippen molar-refractivity contribution in [1.29, 1.82) is 0 Å². The van der Waals surface area contributed by atoms with Gasteiger partial charge in [0.15, 0.2) is 6.33 Å². The van der Waals surface area contributed by atoms with Gasteiger partial charge in [-0.05, 0) is 17.8 Å². The molecule has 0 saturated heterocycles. The summed E-state index contributed by atoms with van der Waals surface area (Å²) in [5.74, 6) is 2.50. The Labute approximate surface area is 164 Å². The van der Waals surface area contributed by atoms with Crippen molar-refractivity contribution in [2.45, 2.75) is 62.3 Å². The molecule has 8 heteroatoms. The SMILES string of the molecule is CC(C)C.CC(C)C.CC(C)C.c1c[nH]cn1.c1ncon1.c1nnco1. The van der Waals surface area contributed by atoms with E-state index >= 15 is 0 Å². The molecule has 0 aliphatic heterocycles. The number of H-pyrrole nitrogens is 1. The summed E-state index contributed by atoms with van der Waals surface area (Å²) < 4.78 is 8.58. The van der Waals surface area contributed by atoms with E-state index in [1.54, 1.807) is 18.7 Å². The molecule has 3 aromatic heterocycles. The summed E-state index contributed by atoms with van der Waals surface area (Å²) in [5, 5.41) is 9.85. The van der Waals surface area contributed by atoms with Crippen LogP contribution in [0.2, 0.25) is 0 Å². The lowest BCUT2D eigenvalue weighted by Gasteiger charge is -1.79.